The van der Waals surface area contributed by atoms with E-state index in [0.717, 1.165) is 35.4 Å². The van der Waals surface area contributed by atoms with Gasteiger partial charge in [0.25, 0.3) is 11.8 Å². The molecule has 2 aromatic rings. The first kappa shape index (κ1) is 37.8. The van der Waals surface area contributed by atoms with Crippen molar-refractivity contribution in [3.8, 4) is 5.75 Å². The van der Waals surface area contributed by atoms with Crippen molar-refractivity contribution in [1.29, 1.82) is 0 Å². The molecule has 4 heterocycles. The molecule has 10 rings (SSSR count). The molecule has 0 spiro atoms. The number of fused-ring (bicyclic) bond motifs is 2. The summed E-state index contributed by atoms with van der Waals surface area (Å²) in [5.41, 5.74) is 1.36. The summed E-state index contributed by atoms with van der Waals surface area (Å²) in [7, 11) is 0. The van der Waals surface area contributed by atoms with Gasteiger partial charge in [-0.25, -0.2) is 4.85 Å². The molecule has 2 bridgehead atoms. The Morgan fingerprint density at radius 2 is 1.53 bits per heavy atom. The molecule has 57 heavy (non-hydrogen) atoms. The molecular weight excluding hydrogens is 748 g/mol. The minimum absolute atomic E-state index is 0.0298. The van der Waals surface area contributed by atoms with E-state index >= 15 is 0 Å². The van der Waals surface area contributed by atoms with Crippen molar-refractivity contribution in [2.45, 2.75) is 104 Å². The summed E-state index contributed by atoms with van der Waals surface area (Å²) < 4.78 is 6.40. The summed E-state index contributed by atoms with van der Waals surface area (Å²) >= 11 is 6.26. The van der Waals surface area contributed by atoms with Crippen molar-refractivity contribution in [1.82, 2.24) is 25.3 Å². The number of imide groups is 2. The van der Waals surface area contributed by atoms with Gasteiger partial charge < -0.3 is 15.0 Å². The number of hydrogen-bond acceptors (Lipinski definition) is 8. The van der Waals surface area contributed by atoms with E-state index in [1.54, 1.807) is 30.3 Å². The van der Waals surface area contributed by atoms with Crippen molar-refractivity contribution in [2.75, 3.05) is 19.6 Å². The highest BCUT2D eigenvalue weighted by Gasteiger charge is 2.76. The molecule has 6 fully saturated rings. The van der Waals surface area contributed by atoms with Gasteiger partial charge in [-0.15, -0.1) is 0 Å². The summed E-state index contributed by atoms with van der Waals surface area (Å²) in [6.45, 7) is 19.2. The molecule has 1 atom stereocenters. The van der Waals surface area contributed by atoms with Crippen LogP contribution < -0.4 is 15.4 Å². The molecule has 6 amide bonds. The van der Waals surface area contributed by atoms with E-state index in [1.807, 2.05) is 4.90 Å². The number of carbonyl (C=O) groups excluding carboxylic acids is 6. The van der Waals surface area contributed by atoms with Crippen molar-refractivity contribution < 1.29 is 33.5 Å². The van der Waals surface area contributed by atoms with E-state index in [0.29, 0.717) is 78.9 Å². The number of halogens is 1. The Labute approximate surface area is 336 Å². The second-order valence-electron chi connectivity index (χ2n) is 18.9. The Bertz CT molecular complexity index is 2140. The predicted octanol–water partition coefficient (Wildman–Crippen LogP) is 5.01. The fraction of sp³-hybridized carbons (Fsp3) is 0.558. The standard InChI is InChI=1S/C43H47ClN6O7/c1-40(2)36(41(3,4)37(40)57-26-6-7-30(45-5)29(44)16-26)47-38(55)42-20-43(21-42,22-42)39(56)49-12-10-23(11-13-49)17-48-18-24-14-27-28(15-25(24)19-48)35(54)50(34(27)53)31-8-9-32(51)46-33(31)52/h6-7,14-16,23,31,36-37H,8-13,17-22H2,1-4H3,(H,47,55)(H,46,51,52). The van der Waals surface area contributed by atoms with Gasteiger partial charge in [0.15, 0.2) is 0 Å². The van der Waals surface area contributed by atoms with Crippen molar-refractivity contribution in [3.05, 3.63) is 69.0 Å². The third kappa shape index (κ3) is 5.72. The number of nitrogens with one attached hydrogen (secondary N) is 2. The minimum Gasteiger partial charge on any atom is -0.489 e. The van der Waals surface area contributed by atoms with Gasteiger partial charge in [0.1, 0.15) is 17.9 Å². The highest BCUT2D eigenvalue weighted by molar-refractivity contribution is 6.33. The molecule has 2 N–H and O–H groups in total. The number of amides is 6. The van der Waals surface area contributed by atoms with Crippen LogP contribution in [-0.4, -0.2) is 88.0 Å². The monoisotopic (exact) mass is 794 g/mol. The lowest BCUT2D eigenvalue weighted by molar-refractivity contribution is -0.223. The van der Waals surface area contributed by atoms with E-state index < -0.39 is 40.5 Å². The zero-order chi connectivity index (χ0) is 40.4. The Kier molecular flexibility index (Phi) is 8.51. The number of benzene rings is 2. The van der Waals surface area contributed by atoms with E-state index in [2.05, 4.69) is 48.1 Å². The third-order valence-corrected chi connectivity index (χ3v) is 14.6. The van der Waals surface area contributed by atoms with Crippen molar-refractivity contribution >= 4 is 52.7 Å². The quantitative estimate of drug-likeness (QED) is 0.280. The molecule has 4 aliphatic heterocycles. The number of piperidine rings is 2. The van der Waals surface area contributed by atoms with Gasteiger partial charge in [0, 0.05) is 56.0 Å². The van der Waals surface area contributed by atoms with Gasteiger partial charge in [-0.1, -0.05) is 45.4 Å². The lowest BCUT2D eigenvalue weighted by Crippen LogP contribution is -2.78. The third-order valence-electron chi connectivity index (χ3n) is 14.3. The summed E-state index contributed by atoms with van der Waals surface area (Å²) in [5, 5.41) is 5.95. The molecule has 14 heteroatoms. The fourth-order valence-electron chi connectivity index (χ4n) is 11.7. The van der Waals surface area contributed by atoms with Crippen LogP contribution in [0, 0.1) is 34.2 Å². The molecule has 8 aliphatic rings. The lowest BCUT2D eigenvalue weighted by Gasteiger charge is -2.70. The molecule has 298 valence electrons. The van der Waals surface area contributed by atoms with Crippen LogP contribution in [0.1, 0.15) is 104 Å². The topological polar surface area (TPSA) is 150 Å². The largest absolute Gasteiger partial charge is 0.489 e. The highest BCUT2D eigenvalue weighted by atomic mass is 35.5. The summed E-state index contributed by atoms with van der Waals surface area (Å²) in [4.78, 5) is 87.1. The van der Waals surface area contributed by atoms with Crippen LogP contribution in [-0.2, 0) is 32.3 Å². The lowest BCUT2D eigenvalue weighted by atomic mass is 9.34. The molecule has 1 unspecified atom stereocenters. The van der Waals surface area contributed by atoms with Crippen LogP contribution in [0.25, 0.3) is 4.85 Å². The summed E-state index contributed by atoms with van der Waals surface area (Å²) in [6.07, 6.45) is 3.58. The Balaban J connectivity index is 0.743. The summed E-state index contributed by atoms with van der Waals surface area (Å²) in [6, 6.07) is 7.58. The normalized spacial score (nSPS) is 31.0. The van der Waals surface area contributed by atoms with E-state index in [9.17, 15) is 28.8 Å². The van der Waals surface area contributed by atoms with E-state index in [-0.39, 0.29) is 47.6 Å². The van der Waals surface area contributed by atoms with Crippen molar-refractivity contribution in [3.63, 3.8) is 0 Å². The number of hydrogen-bond donors (Lipinski definition) is 2. The van der Waals surface area contributed by atoms with Gasteiger partial charge >= 0.3 is 0 Å². The Hall–Kier alpha value is -4.80. The molecule has 0 aromatic heterocycles. The molecular formula is C43H47ClN6O7. The minimum atomic E-state index is -0.980. The molecule has 4 saturated carbocycles. The van der Waals surface area contributed by atoms with Crippen LogP contribution >= 0.6 is 11.6 Å². The van der Waals surface area contributed by atoms with Crippen LogP contribution in [0.5, 0.6) is 5.75 Å². The zero-order valence-electron chi connectivity index (χ0n) is 32.7. The molecule has 4 aliphatic carbocycles. The SMILES string of the molecule is [C-]#[N+]c1ccc(OC2C(C)(C)C(NC(=O)C34CC(C(=O)N5CCC(CN6Cc7cc8c(cc7C6)C(=O)N(C6CCC(=O)NC6=O)C8=O)CC5)(C3)C4)C2(C)C)cc1Cl. The summed E-state index contributed by atoms with van der Waals surface area (Å²) in [5.74, 6) is -0.780. The zero-order valence-corrected chi connectivity index (χ0v) is 33.5. The fourth-order valence-corrected chi connectivity index (χ4v) is 11.9. The first-order chi connectivity index (χ1) is 27.0. The van der Waals surface area contributed by atoms with Gasteiger partial charge in [-0.2, -0.15) is 0 Å². The number of likely N-dealkylation sites (tertiary alicyclic amines) is 1. The maximum atomic E-state index is 13.8. The maximum Gasteiger partial charge on any atom is 0.262 e. The first-order valence-corrected chi connectivity index (χ1v) is 20.4. The van der Waals surface area contributed by atoms with Crippen LogP contribution in [0.3, 0.4) is 0 Å². The van der Waals surface area contributed by atoms with Gasteiger partial charge in [-0.3, -0.25) is 43.9 Å². The van der Waals surface area contributed by atoms with Crippen molar-refractivity contribution in [2.24, 2.45) is 27.6 Å². The van der Waals surface area contributed by atoms with Gasteiger partial charge in [0.05, 0.1) is 33.6 Å². The van der Waals surface area contributed by atoms with Crippen LogP contribution in [0.15, 0.2) is 30.3 Å². The second-order valence-corrected chi connectivity index (χ2v) is 19.3. The molecule has 2 aromatic carbocycles. The molecule has 13 nitrogen and oxygen atoms in total. The van der Waals surface area contributed by atoms with Crippen LogP contribution in [0.4, 0.5) is 5.69 Å². The molecule has 0 radical (unpaired) electrons. The van der Waals surface area contributed by atoms with E-state index in [1.165, 1.54) is 0 Å². The van der Waals surface area contributed by atoms with Crippen LogP contribution in [0.2, 0.25) is 5.02 Å². The first-order valence-electron chi connectivity index (χ1n) is 20.0. The maximum absolute atomic E-state index is 13.8. The van der Waals surface area contributed by atoms with Gasteiger partial charge in [0.2, 0.25) is 29.3 Å². The predicted molar refractivity (Wildman–Crippen MR) is 207 cm³/mol. The number of ether oxygens (including phenoxy) is 1. The Morgan fingerprint density at radius 3 is 2.09 bits per heavy atom. The average molecular weight is 795 g/mol. The second kappa shape index (κ2) is 12.9. The van der Waals surface area contributed by atoms with Gasteiger partial charge in [-0.05, 0) is 79.8 Å². The number of nitrogens with zero attached hydrogens (tertiary/aromatic N) is 4. The average Bonchev–Trinajstić information content (AvgIpc) is 3.63. The highest BCUT2D eigenvalue weighted by Crippen LogP contribution is 2.74. The smallest absolute Gasteiger partial charge is 0.262 e. The number of rotatable bonds is 8. The van der Waals surface area contributed by atoms with E-state index in [4.69, 9.17) is 22.9 Å². The number of carbonyl (C=O) groups is 6. The molecule has 2 saturated heterocycles. The Morgan fingerprint density at radius 1 is 0.912 bits per heavy atom.